The van der Waals surface area contributed by atoms with Gasteiger partial charge in [0.05, 0.1) is 0 Å². The van der Waals surface area contributed by atoms with Gasteiger partial charge in [-0.05, 0) is 0 Å². The first kappa shape index (κ1) is 27.1. The summed E-state index contributed by atoms with van der Waals surface area (Å²) in [5.74, 6) is -24.4. The third-order valence-electron chi connectivity index (χ3n) is 6.32. The van der Waals surface area contributed by atoms with Crippen LogP contribution in [-0.2, 0) is 15.2 Å². The first-order chi connectivity index (χ1) is 17.1. The Labute approximate surface area is 210 Å². The third kappa shape index (κ3) is 3.68. The van der Waals surface area contributed by atoms with Crippen molar-refractivity contribution >= 4 is 41.4 Å². The molecule has 0 aromatic heterocycles. The summed E-state index contributed by atoms with van der Waals surface area (Å²) >= 11 is -7.31. The molecule has 1 fully saturated rings. The standard InChI is InChI=1S/3C7H7.C5H2F6O4.Bi/c3*1-7-5-3-2-4-6-7;6-3(7,1(12)13)5(10,11)4(8,9)2(14)15;/h3*3-6H,1H3;(H,12,13)(H,14,15);/q;;;;+2/p-2. The number of aryl methyl sites for hydroxylation is 3. The van der Waals surface area contributed by atoms with Gasteiger partial charge in [-0.15, -0.1) is 0 Å². The zero-order valence-electron chi connectivity index (χ0n) is 19.8. The number of benzene rings is 3. The SMILES string of the molecule is Cc1cc[c]([Bi]2([c]3ccc(C)cc3)([c]3ccc(C)cc3)[O]C(=O)C(F)(F)C(F)(F)C(F)(F)C(=O)[O]2)cc1. The van der Waals surface area contributed by atoms with E-state index in [4.69, 9.17) is 5.63 Å². The number of hydrogen-bond acceptors (Lipinski definition) is 4. The van der Waals surface area contributed by atoms with E-state index >= 15 is 0 Å². The first-order valence-electron chi connectivity index (χ1n) is 11.0. The van der Waals surface area contributed by atoms with Gasteiger partial charge in [0.1, 0.15) is 0 Å². The second kappa shape index (κ2) is 8.55. The number of hydrogen-bond donors (Lipinski definition) is 0. The van der Waals surface area contributed by atoms with Crippen LogP contribution in [0.4, 0.5) is 26.3 Å². The molecule has 4 rings (SSSR count). The maximum absolute atomic E-state index is 14.9. The van der Waals surface area contributed by atoms with E-state index in [0.717, 1.165) is 0 Å². The van der Waals surface area contributed by atoms with Gasteiger partial charge in [0.2, 0.25) is 0 Å². The molecule has 3 aromatic rings. The van der Waals surface area contributed by atoms with Gasteiger partial charge in [-0.2, -0.15) is 0 Å². The van der Waals surface area contributed by atoms with E-state index in [1.807, 2.05) is 0 Å². The molecule has 1 saturated heterocycles. The number of alkyl halides is 6. The van der Waals surface area contributed by atoms with Crippen LogP contribution in [0.1, 0.15) is 16.7 Å². The monoisotopic (exact) mass is 720 g/mol. The van der Waals surface area contributed by atoms with Crippen LogP contribution in [0.3, 0.4) is 0 Å². The van der Waals surface area contributed by atoms with Gasteiger partial charge in [-0.3, -0.25) is 0 Å². The maximum atomic E-state index is 14.9. The number of halogens is 6. The van der Waals surface area contributed by atoms with Crippen LogP contribution < -0.4 is 9.81 Å². The average Bonchev–Trinajstić information content (AvgIpc) is 2.84. The number of carbonyl (C=O) groups excluding carboxylic acids is 2. The van der Waals surface area contributed by atoms with E-state index in [2.05, 4.69) is 0 Å². The summed E-state index contributed by atoms with van der Waals surface area (Å²) in [6.45, 7) is 5.03. The molecule has 1 heterocycles. The summed E-state index contributed by atoms with van der Waals surface area (Å²) in [5, 5.41) is 0. The fourth-order valence-electron chi connectivity index (χ4n) is 4.11. The molecular formula is C26H21BiF6O4. The Morgan fingerprint density at radius 2 is 0.757 bits per heavy atom. The second-order valence-electron chi connectivity index (χ2n) is 8.94. The molecule has 196 valence electrons. The van der Waals surface area contributed by atoms with Crippen molar-refractivity contribution in [3.05, 3.63) is 89.5 Å². The predicted molar refractivity (Wildman–Crippen MR) is 125 cm³/mol. The van der Waals surface area contributed by atoms with Gasteiger partial charge in [-0.1, -0.05) is 0 Å². The summed E-state index contributed by atoms with van der Waals surface area (Å²) < 4.78 is 98.6. The molecule has 0 N–H and O–H groups in total. The van der Waals surface area contributed by atoms with Crippen LogP contribution >= 0.6 is 0 Å². The molecule has 4 nitrogen and oxygen atoms in total. The predicted octanol–water partition coefficient (Wildman–Crippen LogP) is 4.04. The Morgan fingerprint density at radius 3 is 1.00 bits per heavy atom. The molecule has 37 heavy (non-hydrogen) atoms. The van der Waals surface area contributed by atoms with E-state index in [9.17, 15) is 35.9 Å². The quantitative estimate of drug-likeness (QED) is 0.303. The van der Waals surface area contributed by atoms with Crippen LogP contribution in [0.5, 0.6) is 0 Å². The summed E-state index contributed by atoms with van der Waals surface area (Å²) in [4.78, 5) is 25.8. The zero-order chi connectivity index (χ0) is 27.5. The molecule has 1 aliphatic heterocycles. The second-order valence-corrected chi connectivity index (χ2v) is 23.8. The first-order valence-corrected chi connectivity index (χ1v) is 19.0. The molecule has 3 aromatic carbocycles. The topological polar surface area (TPSA) is 52.6 Å². The molecule has 0 bridgehead atoms. The van der Waals surface area contributed by atoms with E-state index < -0.39 is 49.4 Å². The van der Waals surface area contributed by atoms with Gasteiger partial charge >= 0.3 is 211 Å². The van der Waals surface area contributed by atoms with Crippen molar-refractivity contribution in [3.63, 3.8) is 0 Å². The van der Waals surface area contributed by atoms with Crippen LogP contribution in [0.15, 0.2) is 72.8 Å². The molecule has 0 radical (unpaired) electrons. The van der Waals surface area contributed by atoms with Gasteiger partial charge in [-0.25, -0.2) is 0 Å². The van der Waals surface area contributed by atoms with E-state index in [1.165, 1.54) is 72.8 Å². The summed E-state index contributed by atoms with van der Waals surface area (Å²) in [5.41, 5.74) is 1.96. The number of rotatable bonds is 3. The normalized spacial score (nSPS) is 22.4. The fraction of sp³-hybridized carbons (Fsp3) is 0.231. The van der Waals surface area contributed by atoms with Crippen molar-refractivity contribution in [3.8, 4) is 0 Å². The molecule has 11 heteroatoms. The van der Waals surface area contributed by atoms with Crippen molar-refractivity contribution in [2.75, 3.05) is 0 Å². The molecule has 0 unspecified atom stereocenters. The van der Waals surface area contributed by atoms with Crippen molar-refractivity contribution < 1.29 is 41.6 Å². The Balaban J connectivity index is 2.26. The van der Waals surface area contributed by atoms with Crippen LogP contribution in [-0.4, -0.2) is 49.4 Å². The summed E-state index contributed by atoms with van der Waals surface area (Å²) in [7, 11) is 0. The fourth-order valence-corrected chi connectivity index (χ4v) is 21.6. The van der Waals surface area contributed by atoms with Crippen molar-refractivity contribution in [2.24, 2.45) is 0 Å². The van der Waals surface area contributed by atoms with E-state index in [1.54, 1.807) is 20.8 Å². The van der Waals surface area contributed by atoms with E-state index in [0.29, 0.717) is 16.7 Å². The van der Waals surface area contributed by atoms with Gasteiger partial charge in [0.25, 0.3) is 0 Å². The van der Waals surface area contributed by atoms with Gasteiger partial charge < -0.3 is 0 Å². The van der Waals surface area contributed by atoms with Crippen LogP contribution in [0.25, 0.3) is 0 Å². The molecule has 0 atom stereocenters. The molecule has 0 spiro atoms. The molecule has 0 saturated carbocycles. The average molecular weight is 720 g/mol. The van der Waals surface area contributed by atoms with Crippen molar-refractivity contribution in [1.82, 2.24) is 0 Å². The molecule has 0 aliphatic carbocycles. The van der Waals surface area contributed by atoms with Crippen LogP contribution in [0, 0.1) is 20.8 Å². The van der Waals surface area contributed by atoms with E-state index in [-0.39, 0.29) is 9.81 Å². The van der Waals surface area contributed by atoms with Crippen LogP contribution in [0.2, 0.25) is 0 Å². The van der Waals surface area contributed by atoms with Gasteiger partial charge in [0.15, 0.2) is 0 Å². The summed E-state index contributed by atoms with van der Waals surface area (Å²) in [6, 6.07) is 16.7. The minimum absolute atomic E-state index is 0.150. The Morgan fingerprint density at radius 1 is 0.514 bits per heavy atom. The third-order valence-corrected chi connectivity index (χ3v) is 24.7. The Bertz CT molecular complexity index is 1220. The number of carbonyl (C=O) groups is 2. The van der Waals surface area contributed by atoms with Crippen molar-refractivity contribution in [2.45, 2.75) is 38.5 Å². The molecule has 1 aliphatic rings. The molecule has 0 amide bonds. The molecular weight excluding hydrogens is 699 g/mol. The Kier molecular flexibility index (Phi) is 6.26. The zero-order valence-corrected chi connectivity index (χ0v) is 23.3. The van der Waals surface area contributed by atoms with Gasteiger partial charge in [0, 0.05) is 0 Å². The Hall–Kier alpha value is -2.94. The van der Waals surface area contributed by atoms with Crippen molar-refractivity contribution in [1.29, 1.82) is 0 Å². The summed E-state index contributed by atoms with van der Waals surface area (Å²) in [6.07, 6.45) is 0. The minimum atomic E-state index is -7.31.